The lowest BCUT2D eigenvalue weighted by Crippen LogP contribution is -2.04. The monoisotopic (exact) mass is 299 g/mol. The third-order valence-electron chi connectivity index (χ3n) is 2.41. The summed E-state index contributed by atoms with van der Waals surface area (Å²) in [5, 5.41) is 7.95. The topological polar surface area (TPSA) is 30.7 Å². The Labute approximate surface area is 108 Å². The molecule has 0 amide bonds. The van der Waals surface area contributed by atoms with Crippen molar-refractivity contribution in [3.63, 3.8) is 0 Å². The van der Waals surface area contributed by atoms with Crippen LogP contribution in [-0.2, 0) is 12.3 Å². The minimum absolute atomic E-state index is 0.409. The summed E-state index contributed by atoms with van der Waals surface area (Å²) in [4.78, 5) is 0. The molecule has 0 aliphatic carbocycles. The Morgan fingerprint density at radius 3 is 2.94 bits per heavy atom. The van der Waals surface area contributed by atoms with Gasteiger partial charge in [0.1, 0.15) is 0 Å². The summed E-state index contributed by atoms with van der Waals surface area (Å²) in [6, 6.07) is 6.11. The molecule has 3 nitrogen and oxygen atoms in total. The van der Waals surface area contributed by atoms with Crippen LogP contribution in [0.5, 0.6) is 0 Å². The van der Waals surface area contributed by atoms with Crippen LogP contribution in [0.25, 0.3) is 5.69 Å². The maximum absolute atomic E-state index is 5.84. The molecule has 0 fully saturated rings. The largest absolute Gasteiger partial charge is 0.216 e. The highest BCUT2D eigenvalue weighted by molar-refractivity contribution is 9.10. The number of aromatic nitrogens is 3. The molecule has 1 aromatic carbocycles. The molecular formula is C11H11BrClN3. The fourth-order valence-electron chi connectivity index (χ4n) is 1.59. The van der Waals surface area contributed by atoms with Gasteiger partial charge in [-0.3, -0.25) is 0 Å². The maximum atomic E-state index is 5.84. The number of hydrogen-bond donors (Lipinski definition) is 0. The molecule has 0 atom stereocenters. The Kier molecular flexibility index (Phi) is 3.61. The van der Waals surface area contributed by atoms with E-state index in [4.69, 9.17) is 11.6 Å². The van der Waals surface area contributed by atoms with Crippen LogP contribution in [0.15, 0.2) is 28.9 Å². The fraction of sp³-hybridized carbons (Fsp3) is 0.273. The second kappa shape index (κ2) is 4.97. The van der Waals surface area contributed by atoms with Crippen LogP contribution in [0.1, 0.15) is 18.2 Å². The summed E-state index contributed by atoms with van der Waals surface area (Å²) < 4.78 is 2.86. The molecule has 0 saturated heterocycles. The number of rotatable bonds is 3. The zero-order valence-corrected chi connectivity index (χ0v) is 11.2. The van der Waals surface area contributed by atoms with Crippen molar-refractivity contribution in [2.75, 3.05) is 0 Å². The van der Waals surface area contributed by atoms with Gasteiger partial charge < -0.3 is 0 Å². The van der Waals surface area contributed by atoms with E-state index in [0.29, 0.717) is 5.88 Å². The van der Waals surface area contributed by atoms with Crippen molar-refractivity contribution in [1.82, 2.24) is 15.0 Å². The summed E-state index contributed by atoms with van der Waals surface area (Å²) >= 11 is 9.30. The lowest BCUT2D eigenvalue weighted by molar-refractivity contribution is 0.772. The van der Waals surface area contributed by atoms with Crippen LogP contribution in [0.4, 0.5) is 0 Å². The Hall–Kier alpha value is -0.870. The van der Waals surface area contributed by atoms with E-state index in [1.807, 2.05) is 12.1 Å². The van der Waals surface area contributed by atoms with Crippen molar-refractivity contribution in [3.05, 3.63) is 40.1 Å². The molecule has 1 heterocycles. The minimum atomic E-state index is 0.409. The van der Waals surface area contributed by atoms with Crippen LogP contribution in [-0.4, -0.2) is 15.0 Å². The van der Waals surface area contributed by atoms with Gasteiger partial charge in [-0.15, -0.1) is 16.7 Å². The molecule has 0 unspecified atom stereocenters. The highest BCUT2D eigenvalue weighted by atomic mass is 79.9. The van der Waals surface area contributed by atoms with E-state index in [1.54, 1.807) is 10.9 Å². The third-order valence-corrected chi connectivity index (χ3v) is 3.17. The number of nitrogens with zero attached hydrogens (tertiary/aromatic N) is 3. The predicted octanol–water partition coefficient (Wildman–Crippen LogP) is 3.33. The van der Waals surface area contributed by atoms with E-state index in [-0.39, 0.29) is 0 Å². The van der Waals surface area contributed by atoms with Gasteiger partial charge in [0.15, 0.2) is 0 Å². The van der Waals surface area contributed by atoms with Crippen molar-refractivity contribution in [1.29, 1.82) is 0 Å². The zero-order valence-electron chi connectivity index (χ0n) is 8.82. The smallest absolute Gasteiger partial charge is 0.0793 e. The van der Waals surface area contributed by atoms with Crippen LogP contribution in [0, 0.1) is 0 Å². The predicted molar refractivity (Wildman–Crippen MR) is 68.0 cm³/mol. The van der Waals surface area contributed by atoms with E-state index in [0.717, 1.165) is 22.3 Å². The van der Waals surface area contributed by atoms with Crippen molar-refractivity contribution in [3.8, 4) is 5.69 Å². The molecule has 2 rings (SSSR count). The maximum Gasteiger partial charge on any atom is 0.0793 e. The first-order chi connectivity index (χ1) is 7.76. The number of alkyl halides is 1. The quantitative estimate of drug-likeness (QED) is 0.814. The van der Waals surface area contributed by atoms with Gasteiger partial charge in [-0.1, -0.05) is 28.1 Å². The molecule has 84 valence electrons. The molecule has 2 aromatic rings. The van der Waals surface area contributed by atoms with Crippen molar-refractivity contribution in [2.45, 2.75) is 19.2 Å². The van der Waals surface area contributed by atoms with Gasteiger partial charge in [0.25, 0.3) is 0 Å². The molecule has 0 bridgehead atoms. The molecule has 1 aromatic heterocycles. The highest BCUT2D eigenvalue weighted by Crippen LogP contribution is 2.21. The van der Waals surface area contributed by atoms with Gasteiger partial charge >= 0.3 is 0 Å². The average molecular weight is 301 g/mol. The highest BCUT2D eigenvalue weighted by Gasteiger charge is 2.09. The van der Waals surface area contributed by atoms with Crippen molar-refractivity contribution < 1.29 is 0 Å². The molecule has 16 heavy (non-hydrogen) atoms. The summed E-state index contributed by atoms with van der Waals surface area (Å²) in [5.74, 6) is 0.409. The van der Waals surface area contributed by atoms with Crippen LogP contribution in [0.3, 0.4) is 0 Å². The zero-order chi connectivity index (χ0) is 11.5. The van der Waals surface area contributed by atoms with E-state index < -0.39 is 0 Å². The molecule has 0 spiro atoms. The van der Waals surface area contributed by atoms with Gasteiger partial charge in [-0.25, -0.2) is 4.68 Å². The van der Waals surface area contributed by atoms with Crippen molar-refractivity contribution >= 4 is 27.5 Å². The fourth-order valence-corrected chi connectivity index (χ4v) is 2.18. The van der Waals surface area contributed by atoms with Gasteiger partial charge in [0.2, 0.25) is 0 Å². The second-order valence-corrected chi connectivity index (χ2v) is 4.58. The number of hydrogen-bond acceptors (Lipinski definition) is 2. The molecular weight excluding hydrogens is 289 g/mol. The minimum Gasteiger partial charge on any atom is -0.216 e. The SMILES string of the molecule is CCc1cc(Br)ccc1-n1nncc1CCl. The Bertz CT molecular complexity index is 496. The first-order valence-corrected chi connectivity index (χ1v) is 6.33. The second-order valence-electron chi connectivity index (χ2n) is 3.40. The first kappa shape index (κ1) is 11.6. The van der Waals surface area contributed by atoms with Gasteiger partial charge in [0.05, 0.1) is 23.5 Å². The first-order valence-electron chi connectivity index (χ1n) is 5.00. The van der Waals surface area contributed by atoms with Crippen LogP contribution >= 0.6 is 27.5 Å². The lowest BCUT2D eigenvalue weighted by Gasteiger charge is -2.09. The van der Waals surface area contributed by atoms with E-state index in [2.05, 4.69) is 39.2 Å². The molecule has 0 aliphatic heterocycles. The summed E-state index contributed by atoms with van der Waals surface area (Å²) in [6.07, 6.45) is 2.63. The molecule has 0 aliphatic rings. The normalized spacial score (nSPS) is 10.7. The molecule has 0 saturated carbocycles. The molecule has 5 heteroatoms. The van der Waals surface area contributed by atoms with Crippen LogP contribution < -0.4 is 0 Å². The Morgan fingerprint density at radius 2 is 2.25 bits per heavy atom. The van der Waals surface area contributed by atoms with E-state index >= 15 is 0 Å². The van der Waals surface area contributed by atoms with Gasteiger partial charge in [-0.05, 0) is 30.2 Å². The van der Waals surface area contributed by atoms with Gasteiger partial charge in [-0.2, -0.15) is 0 Å². The number of halogens is 2. The number of aryl methyl sites for hydroxylation is 1. The van der Waals surface area contributed by atoms with Gasteiger partial charge in [0, 0.05) is 4.47 Å². The summed E-state index contributed by atoms with van der Waals surface area (Å²) in [7, 11) is 0. The van der Waals surface area contributed by atoms with E-state index in [9.17, 15) is 0 Å². The molecule has 0 radical (unpaired) electrons. The third kappa shape index (κ3) is 2.13. The summed E-state index contributed by atoms with van der Waals surface area (Å²) in [6.45, 7) is 2.11. The Balaban J connectivity index is 2.55. The standard InChI is InChI=1S/C11H11BrClN3/c1-2-8-5-9(12)3-4-11(8)16-10(6-13)7-14-15-16/h3-5,7H,2,6H2,1H3. The van der Waals surface area contributed by atoms with Crippen molar-refractivity contribution in [2.24, 2.45) is 0 Å². The van der Waals surface area contributed by atoms with E-state index in [1.165, 1.54) is 5.56 Å². The lowest BCUT2D eigenvalue weighted by atomic mass is 10.1. The number of benzene rings is 1. The van der Waals surface area contributed by atoms with Crippen LogP contribution in [0.2, 0.25) is 0 Å². The Morgan fingerprint density at radius 1 is 1.44 bits per heavy atom. The molecule has 0 N–H and O–H groups in total. The summed E-state index contributed by atoms with van der Waals surface area (Å²) in [5.41, 5.74) is 3.16. The average Bonchev–Trinajstić information content (AvgIpc) is 2.76.